The molecule has 1 heterocycles. The highest BCUT2D eigenvalue weighted by molar-refractivity contribution is 5.54. The van der Waals surface area contributed by atoms with Crippen LogP contribution >= 0.6 is 0 Å². The van der Waals surface area contributed by atoms with Crippen molar-refractivity contribution in [2.24, 2.45) is 0 Å². The average molecular weight is 272 g/mol. The molecule has 0 saturated heterocycles. The summed E-state index contributed by atoms with van der Waals surface area (Å²) in [5.41, 5.74) is 4.32. The first kappa shape index (κ1) is 13.1. The summed E-state index contributed by atoms with van der Waals surface area (Å²) in [5.74, 6) is -1.51. The summed E-state index contributed by atoms with van der Waals surface area (Å²) in [6, 6.07) is 6.89. The smallest absolute Gasteiger partial charge is 0.433 e. The van der Waals surface area contributed by atoms with Crippen LogP contribution in [-0.4, -0.2) is 4.98 Å². The van der Waals surface area contributed by atoms with E-state index in [9.17, 15) is 17.6 Å². The number of hydrogen-bond donors (Lipinski definition) is 1. The molecule has 3 nitrogen and oxygen atoms in total. The highest BCUT2D eigenvalue weighted by Gasteiger charge is 2.32. The van der Waals surface area contributed by atoms with Gasteiger partial charge in [-0.3, -0.25) is 0 Å². The molecule has 0 saturated carbocycles. The van der Waals surface area contributed by atoms with Gasteiger partial charge in [-0.1, -0.05) is 12.1 Å². The van der Waals surface area contributed by atoms with Gasteiger partial charge in [-0.05, 0) is 18.2 Å². The van der Waals surface area contributed by atoms with Crippen LogP contribution in [0.15, 0.2) is 36.4 Å². The van der Waals surface area contributed by atoms with Crippen LogP contribution in [0, 0.1) is 5.82 Å². The Kier molecular flexibility index (Phi) is 3.28. The van der Waals surface area contributed by atoms with Crippen LogP contribution in [0.5, 0.6) is 11.6 Å². The van der Waals surface area contributed by atoms with Gasteiger partial charge in [0.05, 0.1) is 5.69 Å². The number of ether oxygens (including phenoxy) is 1. The predicted molar refractivity (Wildman–Crippen MR) is 60.1 cm³/mol. The van der Waals surface area contributed by atoms with E-state index in [0.717, 1.165) is 18.2 Å². The molecule has 0 radical (unpaired) electrons. The molecule has 7 heteroatoms. The Morgan fingerprint density at radius 3 is 2.37 bits per heavy atom. The lowest BCUT2D eigenvalue weighted by Gasteiger charge is -2.10. The van der Waals surface area contributed by atoms with Gasteiger partial charge in [0.1, 0.15) is 5.69 Å². The second kappa shape index (κ2) is 4.75. The fourth-order valence-corrected chi connectivity index (χ4v) is 1.37. The summed E-state index contributed by atoms with van der Waals surface area (Å²) in [6.45, 7) is 0. The molecule has 1 aromatic heterocycles. The third kappa shape index (κ3) is 2.93. The van der Waals surface area contributed by atoms with Crippen LogP contribution in [0.1, 0.15) is 5.69 Å². The number of nitrogens with two attached hydrogens (primary N) is 1. The lowest BCUT2D eigenvalue weighted by atomic mass is 10.3. The number of rotatable bonds is 2. The predicted octanol–water partition coefficient (Wildman–Crippen LogP) is 3.61. The maximum Gasteiger partial charge on any atom is 0.433 e. The fourth-order valence-electron chi connectivity index (χ4n) is 1.37. The van der Waals surface area contributed by atoms with Crippen molar-refractivity contribution in [1.29, 1.82) is 0 Å². The zero-order chi connectivity index (χ0) is 14.0. The maximum atomic E-state index is 13.4. The molecule has 1 aromatic carbocycles. The second-order valence-electron chi connectivity index (χ2n) is 3.62. The van der Waals surface area contributed by atoms with E-state index >= 15 is 0 Å². The van der Waals surface area contributed by atoms with Gasteiger partial charge in [0, 0.05) is 6.07 Å². The maximum absolute atomic E-state index is 13.4. The number of benzene rings is 1. The molecule has 2 N–H and O–H groups in total. The summed E-state index contributed by atoms with van der Waals surface area (Å²) in [4.78, 5) is 3.25. The number of nitrogens with zero attached hydrogens (tertiary/aromatic N) is 1. The molecule has 0 atom stereocenters. The van der Waals surface area contributed by atoms with E-state index in [-0.39, 0.29) is 17.3 Å². The highest BCUT2D eigenvalue weighted by Crippen LogP contribution is 2.32. The number of para-hydroxylation sites is 1. The van der Waals surface area contributed by atoms with Gasteiger partial charge >= 0.3 is 6.18 Å². The number of hydrogen-bond acceptors (Lipinski definition) is 3. The first-order valence-corrected chi connectivity index (χ1v) is 5.14. The van der Waals surface area contributed by atoms with E-state index in [4.69, 9.17) is 10.5 Å². The van der Waals surface area contributed by atoms with Crippen molar-refractivity contribution in [1.82, 2.24) is 4.98 Å². The molecule has 100 valence electrons. The van der Waals surface area contributed by atoms with Crippen LogP contribution in [-0.2, 0) is 6.18 Å². The van der Waals surface area contributed by atoms with Crippen molar-refractivity contribution in [3.8, 4) is 11.6 Å². The Hall–Kier alpha value is -2.31. The van der Waals surface area contributed by atoms with Crippen molar-refractivity contribution in [2.75, 3.05) is 5.73 Å². The first-order valence-electron chi connectivity index (χ1n) is 5.14. The van der Waals surface area contributed by atoms with Gasteiger partial charge in [0.2, 0.25) is 5.88 Å². The summed E-state index contributed by atoms with van der Waals surface area (Å²) in [5, 5.41) is 0. The zero-order valence-corrected chi connectivity index (χ0v) is 9.41. The van der Waals surface area contributed by atoms with Gasteiger partial charge in [-0.25, -0.2) is 9.37 Å². The standard InChI is InChI=1S/C12H8F4N2O/c13-7-3-1-4-8(17)11(7)19-10-6-2-5-9(18-10)12(14,15)16/h1-6H,17H2. The summed E-state index contributed by atoms with van der Waals surface area (Å²) in [7, 11) is 0. The van der Waals surface area contributed by atoms with Crippen molar-refractivity contribution in [3.05, 3.63) is 47.9 Å². The number of halogens is 4. The molecule has 0 fully saturated rings. The Bertz CT molecular complexity index is 578. The number of anilines is 1. The van der Waals surface area contributed by atoms with Crippen LogP contribution in [0.25, 0.3) is 0 Å². The normalized spacial score (nSPS) is 11.4. The molecular weight excluding hydrogens is 264 g/mol. The number of aromatic nitrogens is 1. The monoisotopic (exact) mass is 272 g/mol. The van der Waals surface area contributed by atoms with E-state index in [2.05, 4.69) is 4.98 Å². The quantitative estimate of drug-likeness (QED) is 0.671. The van der Waals surface area contributed by atoms with Gasteiger partial charge < -0.3 is 10.5 Å². The summed E-state index contributed by atoms with van der Waals surface area (Å²) in [6.07, 6.45) is -4.60. The minimum Gasteiger partial charge on any atom is -0.434 e. The number of pyridine rings is 1. The molecule has 0 aliphatic carbocycles. The lowest BCUT2D eigenvalue weighted by Crippen LogP contribution is -2.08. The van der Waals surface area contributed by atoms with Crippen LogP contribution in [0.4, 0.5) is 23.2 Å². The van der Waals surface area contributed by atoms with Crippen LogP contribution in [0.2, 0.25) is 0 Å². The number of nitrogen functional groups attached to an aromatic ring is 1. The third-order valence-electron chi connectivity index (χ3n) is 2.22. The van der Waals surface area contributed by atoms with Crippen molar-refractivity contribution in [2.45, 2.75) is 6.18 Å². The van der Waals surface area contributed by atoms with Gasteiger partial charge in [-0.2, -0.15) is 13.2 Å². The molecular formula is C12H8F4N2O. The molecule has 2 aromatic rings. The van der Waals surface area contributed by atoms with E-state index in [0.29, 0.717) is 0 Å². The van der Waals surface area contributed by atoms with E-state index in [1.54, 1.807) is 0 Å². The molecule has 0 bridgehead atoms. The van der Waals surface area contributed by atoms with Crippen molar-refractivity contribution < 1.29 is 22.3 Å². The molecule has 19 heavy (non-hydrogen) atoms. The Morgan fingerprint density at radius 1 is 1.05 bits per heavy atom. The Balaban J connectivity index is 2.34. The van der Waals surface area contributed by atoms with E-state index < -0.39 is 17.7 Å². The van der Waals surface area contributed by atoms with Crippen LogP contribution < -0.4 is 10.5 Å². The molecule has 0 amide bonds. The molecule has 0 aliphatic rings. The molecule has 0 aliphatic heterocycles. The Labute approximate surface area is 105 Å². The Morgan fingerprint density at radius 2 is 1.74 bits per heavy atom. The first-order chi connectivity index (χ1) is 8.88. The molecule has 0 unspecified atom stereocenters. The van der Waals surface area contributed by atoms with E-state index in [1.807, 2.05) is 0 Å². The van der Waals surface area contributed by atoms with Gasteiger partial charge in [0.15, 0.2) is 11.6 Å². The molecule has 0 spiro atoms. The zero-order valence-electron chi connectivity index (χ0n) is 9.41. The largest absolute Gasteiger partial charge is 0.434 e. The van der Waals surface area contributed by atoms with Crippen molar-refractivity contribution >= 4 is 5.69 Å². The highest BCUT2D eigenvalue weighted by atomic mass is 19.4. The third-order valence-corrected chi connectivity index (χ3v) is 2.22. The van der Waals surface area contributed by atoms with E-state index in [1.165, 1.54) is 18.2 Å². The minimum absolute atomic E-state index is 0.0285. The summed E-state index contributed by atoms with van der Waals surface area (Å²) < 4.78 is 55.7. The van der Waals surface area contributed by atoms with Gasteiger partial charge in [-0.15, -0.1) is 0 Å². The number of alkyl halides is 3. The van der Waals surface area contributed by atoms with Gasteiger partial charge in [0.25, 0.3) is 0 Å². The molecule has 2 rings (SSSR count). The van der Waals surface area contributed by atoms with Crippen LogP contribution in [0.3, 0.4) is 0 Å². The fraction of sp³-hybridized carbons (Fsp3) is 0.0833. The summed E-state index contributed by atoms with van der Waals surface area (Å²) >= 11 is 0. The second-order valence-corrected chi connectivity index (χ2v) is 3.62. The van der Waals surface area contributed by atoms with Crippen molar-refractivity contribution in [3.63, 3.8) is 0 Å². The SMILES string of the molecule is Nc1cccc(F)c1Oc1cccc(C(F)(F)F)n1. The topological polar surface area (TPSA) is 48.1 Å². The average Bonchev–Trinajstić information content (AvgIpc) is 2.33. The lowest BCUT2D eigenvalue weighted by molar-refractivity contribution is -0.141. The minimum atomic E-state index is -4.60.